The van der Waals surface area contributed by atoms with E-state index in [1.54, 1.807) is 0 Å². The topological polar surface area (TPSA) is 58.6 Å². The number of anilines is 1. The normalized spacial score (nSPS) is 17.5. The van der Waals surface area contributed by atoms with Gasteiger partial charge in [0.25, 0.3) is 0 Å². The van der Waals surface area contributed by atoms with E-state index in [0.717, 1.165) is 50.3 Å². The Morgan fingerprint density at radius 2 is 2.12 bits per heavy atom. The van der Waals surface area contributed by atoms with Gasteiger partial charge in [-0.05, 0) is 58.6 Å². The molecular formula is C19H31ClN4O2. The number of aryl methyl sites for hydroxylation is 1. The van der Waals surface area contributed by atoms with Crippen molar-refractivity contribution in [2.45, 2.75) is 71.9 Å². The Bertz CT molecular complexity index is 618. The maximum atomic E-state index is 12.5. The molecule has 1 unspecified atom stereocenters. The van der Waals surface area contributed by atoms with Crippen molar-refractivity contribution in [1.82, 2.24) is 14.9 Å². The summed E-state index contributed by atoms with van der Waals surface area (Å²) >= 11 is 6.12. The highest BCUT2D eigenvalue weighted by Crippen LogP contribution is 2.25. The van der Waals surface area contributed by atoms with E-state index in [1.807, 2.05) is 38.7 Å². The third-order valence-corrected chi connectivity index (χ3v) is 4.59. The molecule has 1 saturated heterocycles. The molecule has 0 aliphatic carbocycles. The summed E-state index contributed by atoms with van der Waals surface area (Å²) in [7, 11) is 0. The van der Waals surface area contributed by atoms with Crippen molar-refractivity contribution in [2.24, 2.45) is 0 Å². The first-order valence-corrected chi connectivity index (χ1v) is 9.89. The second kappa shape index (κ2) is 8.89. The maximum absolute atomic E-state index is 12.5. The van der Waals surface area contributed by atoms with Gasteiger partial charge in [-0.15, -0.1) is 0 Å². The molecule has 26 heavy (non-hydrogen) atoms. The Morgan fingerprint density at radius 1 is 1.38 bits per heavy atom. The van der Waals surface area contributed by atoms with Crippen LogP contribution in [0.15, 0.2) is 6.07 Å². The lowest BCUT2D eigenvalue weighted by Gasteiger charge is -2.30. The van der Waals surface area contributed by atoms with Gasteiger partial charge in [-0.2, -0.15) is 0 Å². The summed E-state index contributed by atoms with van der Waals surface area (Å²) in [5.74, 6) is 0.846. The minimum absolute atomic E-state index is 0.114. The number of nitrogens with zero attached hydrogens (tertiary/aromatic N) is 4. The first-order chi connectivity index (χ1) is 12.2. The first-order valence-electron chi connectivity index (χ1n) is 9.51. The Morgan fingerprint density at radius 3 is 2.73 bits per heavy atom. The molecule has 0 aromatic carbocycles. The third-order valence-electron chi connectivity index (χ3n) is 4.42. The zero-order valence-electron chi connectivity index (χ0n) is 16.6. The molecule has 146 valence electrons. The molecule has 1 aromatic heterocycles. The summed E-state index contributed by atoms with van der Waals surface area (Å²) in [5, 5.41) is 0.288. The van der Waals surface area contributed by atoms with Gasteiger partial charge in [0.05, 0.1) is 6.04 Å². The number of carbonyl (C=O) groups is 1. The van der Waals surface area contributed by atoms with Gasteiger partial charge in [-0.1, -0.05) is 13.3 Å². The molecule has 0 spiro atoms. The van der Waals surface area contributed by atoms with Crippen molar-refractivity contribution in [3.63, 3.8) is 0 Å². The number of hydrogen-bond donors (Lipinski definition) is 0. The van der Waals surface area contributed by atoms with E-state index in [1.165, 1.54) is 0 Å². The number of hydrogen-bond acceptors (Lipinski definition) is 5. The largest absolute Gasteiger partial charge is 0.444 e. The van der Waals surface area contributed by atoms with Crippen LogP contribution in [-0.4, -0.2) is 52.2 Å². The number of carbonyl (C=O) groups excluding carboxylic acids is 1. The minimum atomic E-state index is -0.489. The van der Waals surface area contributed by atoms with Gasteiger partial charge in [0.15, 0.2) is 0 Å². The van der Waals surface area contributed by atoms with Crippen molar-refractivity contribution >= 4 is 23.5 Å². The van der Waals surface area contributed by atoms with Crippen LogP contribution in [0.25, 0.3) is 0 Å². The third kappa shape index (κ3) is 5.73. The molecule has 1 aliphatic rings. The SMILES string of the molecule is CCCCc1cc(N2CCC(N(CC)C(=O)OC(C)(C)C)C2)nc(Cl)n1. The van der Waals surface area contributed by atoms with Crippen LogP contribution in [0.5, 0.6) is 0 Å². The summed E-state index contributed by atoms with van der Waals surface area (Å²) in [6.07, 6.45) is 3.74. The highest BCUT2D eigenvalue weighted by Gasteiger charge is 2.33. The fourth-order valence-electron chi connectivity index (χ4n) is 3.16. The van der Waals surface area contributed by atoms with Crippen LogP contribution >= 0.6 is 11.6 Å². The van der Waals surface area contributed by atoms with Gasteiger partial charge in [0.2, 0.25) is 5.28 Å². The number of likely N-dealkylation sites (N-methyl/N-ethyl adjacent to an activating group) is 1. The van der Waals surface area contributed by atoms with Gasteiger partial charge in [-0.3, -0.25) is 0 Å². The fraction of sp³-hybridized carbons (Fsp3) is 0.737. The molecule has 0 bridgehead atoms. The first kappa shape index (κ1) is 20.7. The predicted octanol–water partition coefficient (Wildman–Crippen LogP) is 4.31. The van der Waals surface area contributed by atoms with E-state index in [0.29, 0.717) is 6.54 Å². The number of unbranched alkanes of at least 4 members (excludes halogenated alkanes) is 1. The Labute approximate surface area is 161 Å². The van der Waals surface area contributed by atoms with E-state index in [4.69, 9.17) is 16.3 Å². The van der Waals surface area contributed by atoms with Gasteiger partial charge in [0.1, 0.15) is 11.4 Å². The molecule has 1 atom stereocenters. The second-order valence-electron chi connectivity index (χ2n) is 7.74. The van der Waals surface area contributed by atoms with Crippen LogP contribution in [0.3, 0.4) is 0 Å². The van der Waals surface area contributed by atoms with Gasteiger partial charge >= 0.3 is 6.09 Å². The van der Waals surface area contributed by atoms with Crippen LogP contribution in [0.2, 0.25) is 5.28 Å². The lowest BCUT2D eigenvalue weighted by molar-refractivity contribution is 0.0191. The molecule has 1 aromatic rings. The molecule has 6 nitrogen and oxygen atoms in total. The number of aromatic nitrogens is 2. The molecule has 1 amide bonds. The predicted molar refractivity (Wildman–Crippen MR) is 105 cm³/mol. The van der Waals surface area contributed by atoms with Crippen LogP contribution in [0, 0.1) is 0 Å². The molecule has 0 radical (unpaired) electrons. The zero-order chi connectivity index (χ0) is 19.3. The number of halogens is 1. The quantitative estimate of drug-likeness (QED) is 0.686. The van der Waals surface area contributed by atoms with Crippen LogP contribution < -0.4 is 4.90 Å². The molecule has 1 aliphatic heterocycles. The Balaban J connectivity index is 2.07. The summed E-state index contributed by atoms with van der Waals surface area (Å²) in [5.41, 5.74) is 0.488. The second-order valence-corrected chi connectivity index (χ2v) is 8.08. The summed E-state index contributed by atoms with van der Waals surface area (Å²) in [4.78, 5) is 25.2. The van der Waals surface area contributed by atoms with Crippen LogP contribution in [-0.2, 0) is 11.2 Å². The lowest BCUT2D eigenvalue weighted by atomic mass is 10.2. The van der Waals surface area contributed by atoms with Gasteiger partial charge in [0, 0.05) is 31.4 Å². The van der Waals surface area contributed by atoms with E-state index < -0.39 is 5.60 Å². The number of ether oxygens (including phenoxy) is 1. The van der Waals surface area contributed by atoms with E-state index in [9.17, 15) is 4.79 Å². The average molecular weight is 383 g/mol. The van der Waals surface area contributed by atoms with E-state index in [2.05, 4.69) is 21.8 Å². The Hall–Kier alpha value is -1.56. The highest BCUT2D eigenvalue weighted by molar-refractivity contribution is 6.28. The van der Waals surface area contributed by atoms with Crippen LogP contribution in [0.1, 0.15) is 59.6 Å². The summed E-state index contributed by atoms with van der Waals surface area (Å²) < 4.78 is 5.55. The van der Waals surface area contributed by atoms with Crippen molar-refractivity contribution in [3.05, 3.63) is 17.0 Å². The smallest absolute Gasteiger partial charge is 0.410 e. The molecule has 1 fully saturated rings. The van der Waals surface area contributed by atoms with Crippen molar-refractivity contribution in [2.75, 3.05) is 24.5 Å². The number of amides is 1. The van der Waals surface area contributed by atoms with Gasteiger partial charge in [-0.25, -0.2) is 14.8 Å². The van der Waals surface area contributed by atoms with E-state index >= 15 is 0 Å². The summed E-state index contributed by atoms with van der Waals surface area (Å²) in [6.45, 7) is 12.0. The zero-order valence-corrected chi connectivity index (χ0v) is 17.3. The van der Waals surface area contributed by atoms with Gasteiger partial charge < -0.3 is 14.5 Å². The van der Waals surface area contributed by atoms with Crippen molar-refractivity contribution < 1.29 is 9.53 Å². The van der Waals surface area contributed by atoms with Crippen molar-refractivity contribution in [1.29, 1.82) is 0 Å². The maximum Gasteiger partial charge on any atom is 0.410 e. The number of rotatable bonds is 6. The van der Waals surface area contributed by atoms with Crippen LogP contribution in [0.4, 0.5) is 10.6 Å². The molecule has 0 N–H and O–H groups in total. The van der Waals surface area contributed by atoms with E-state index in [-0.39, 0.29) is 17.4 Å². The minimum Gasteiger partial charge on any atom is -0.444 e. The molecular weight excluding hydrogens is 352 g/mol. The lowest BCUT2D eigenvalue weighted by Crippen LogP contribution is -2.44. The fourth-order valence-corrected chi connectivity index (χ4v) is 3.36. The molecule has 2 heterocycles. The average Bonchev–Trinajstić information content (AvgIpc) is 3.01. The molecule has 2 rings (SSSR count). The monoisotopic (exact) mass is 382 g/mol. The summed E-state index contributed by atoms with van der Waals surface area (Å²) in [6, 6.07) is 2.14. The standard InChI is InChI=1S/C19H31ClN4O2/c1-6-8-9-14-12-16(22-17(20)21-14)23-11-10-15(13-23)24(7-2)18(25)26-19(3,4)5/h12,15H,6-11,13H2,1-5H3. The molecule has 7 heteroatoms. The van der Waals surface area contributed by atoms with Crippen molar-refractivity contribution in [3.8, 4) is 0 Å². The molecule has 0 saturated carbocycles. The highest BCUT2D eigenvalue weighted by atomic mass is 35.5. The Kier molecular flexibility index (Phi) is 7.09.